The van der Waals surface area contributed by atoms with Crippen LogP contribution in [0.15, 0.2) is 49.6 Å². The van der Waals surface area contributed by atoms with E-state index >= 15 is 0 Å². The van der Waals surface area contributed by atoms with Crippen LogP contribution in [0.5, 0.6) is 0 Å². The van der Waals surface area contributed by atoms with Gasteiger partial charge in [-0.3, -0.25) is 14.4 Å². The van der Waals surface area contributed by atoms with Crippen LogP contribution in [0, 0.1) is 11.8 Å². The number of ether oxygens (including phenoxy) is 2. The van der Waals surface area contributed by atoms with Gasteiger partial charge in [-0.1, -0.05) is 46.3 Å². The van der Waals surface area contributed by atoms with Gasteiger partial charge in [0.1, 0.15) is 18.2 Å². The molecule has 3 unspecified atom stereocenters. The molecule has 1 aromatic carbocycles. The second-order valence-corrected chi connectivity index (χ2v) is 10.2. The Hall–Kier alpha value is -2.20. The van der Waals surface area contributed by atoms with Crippen LogP contribution in [-0.2, 0) is 23.9 Å². The third kappa shape index (κ3) is 3.88. The molecule has 1 aromatic rings. The molecule has 3 heterocycles. The topological polar surface area (TPSA) is 96.4 Å². The number of esters is 1. The number of hydrogen-bond donors (Lipinski definition) is 1. The number of halogens is 2. The lowest BCUT2D eigenvalue weighted by atomic mass is 9.70. The number of carbonyl (C=O) groups is 3. The van der Waals surface area contributed by atoms with E-state index in [2.05, 4.69) is 29.1 Å². The highest BCUT2D eigenvalue weighted by atomic mass is 79.9. The first-order chi connectivity index (χ1) is 16.3. The second kappa shape index (κ2) is 9.81. The molecule has 0 radical (unpaired) electrons. The molecule has 182 valence electrons. The Balaban J connectivity index is 1.76. The summed E-state index contributed by atoms with van der Waals surface area (Å²) in [5.74, 6) is -3.10. The monoisotopic (exact) mass is 552 g/mol. The van der Waals surface area contributed by atoms with Crippen molar-refractivity contribution in [2.75, 3.05) is 31.2 Å². The molecule has 8 nitrogen and oxygen atoms in total. The quantitative estimate of drug-likeness (QED) is 0.287. The van der Waals surface area contributed by atoms with Gasteiger partial charge in [0.25, 0.3) is 5.91 Å². The summed E-state index contributed by atoms with van der Waals surface area (Å²) in [6, 6.07) is 5.73. The summed E-state index contributed by atoms with van der Waals surface area (Å²) in [6.07, 6.45) is 2.79. The van der Waals surface area contributed by atoms with Crippen molar-refractivity contribution in [3.8, 4) is 0 Å². The molecule has 0 aromatic heterocycles. The van der Waals surface area contributed by atoms with Gasteiger partial charge in [-0.2, -0.15) is 0 Å². The number of benzene rings is 1. The normalized spacial score (nSPS) is 31.3. The highest BCUT2D eigenvalue weighted by Gasteiger charge is 2.77. The van der Waals surface area contributed by atoms with Crippen molar-refractivity contribution in [1.82, 2.24) is 4.90 Å². The van der Waals surface area contributed by atoms with Crippen molar-refractivity contribution in [2.24, 2.45) is 11.8 Å². The number of hydrogen-bond acceptors (Lipinski definition) is 6. The maximum atomic E-state index is 14.1. The lowest BCUT2D eigenvalue weighted by Crippen LogP contribution is -2.57. The number of β-amino-alcohol motifs (C(OH)–C–C–N with tert-alkyl or cyclic N) is 1. The number of likely N-dealkylation sites (tertiary alicyclic amines) is 1. The van der Waals surface area contributed by atoms with E-state index in [9.17, 15) is 19.5 Å². The van der Waals surface area contributed by atoms with Crippen LogP contribution in [0.25, 0.3) is 0 Å². The van der Waals surface area contributed by atoms with Crippen molar-refractivity contribution in [3.63, 3.8) is 0 Å². The number of aliphatic hydroxyl groups is 1. The molecule has 2 bridgehead atoms. The smallest absolute Gasteiger partial charge is 0.312 e. The molecule has 0 aliphatic carbocycles. The molecule has 0 saturated carbocycles. The number of nitrogens with zero attached hydrogens (tertiary/aromatic N) is 2. The summed E-state index contributed by atoms with van der Waals surface area (Å²) >= 11 is 9.62. The van der Waals surface area contributed by atoms with Gasteiger partial charge in [0, 0.05) is 28.6 Å². The first kappa shape index (κ1) is 24.9. The Labute approximate surface area is 211 Å². The minimum Gasteiger partial charge on any atom is -0.461 e. The van der Waals surface area contributed by atoms with Crippen molar-refractivity contribution in [1.29, 1.82) is 0 Å². The Kier molecular flexibility index (Phi) is 7.19. The Morgan fingerprint density at radius 3 is 2.65 bits per heavy atom. The molecule has 10 heteroatoms. The van der Waals surface area contributed by atoms with Crippen LogP contribution in [-0.4, -0.2) is 76.7 Å². The van der Waals surface area contributed by atoms with Gasteiger partial charge in [0.15, 0.2) is 0 Å². The Morgan fingerprint density at radius 1 is 1.32 bits per heavy atom. The molecule has 34 heavy (non-hydrogen) atoms. The zero-order valence-corrected chi connectivity index (χ0v) is 20.8. The maximum Gasteiger partial charge on any atom is 0.312 e. The third-order valence-corrected chi connectivity index (χ3v) is 7.79. The highest BCUT2D eigenvalue weighted by Crippen LogP contribution is 2.60. The molecule has 3 aliphatic rings. The number of rotatable bonds is 9. The summed E-state index contributed by atoms with van der Waals surface area (Å²) < 4.78 is 11.6. The SMILES string of the molecule is C=CCOC(=O)[C@H]1[C@@H]2OC3(CC2Br)C(C(=O)N(CC=C)c2ccc(Cl)cc2)N(CCO)C(=O)[C@H]13. The minimum absolute atomic E-state index is 0.00923. The van der Waals surface area contributed by atoms with E-state index in [-0.39, 0.29) is 37.0 Å². The third-order valence-electron chi connectivity index (χ3n) is 6.70. The Bertz CT molecular complexity index is 1000. The van der Waals surface area contributed by atoms with E-state index in [0.717, 1.165) is 0 Å². The molecule has 6 atom stereocenters. The number of carbonyl (C=O) groups excluding carboxylic acids is 3. The van der Waals surface area contributed by atoms with Gasteiger partial charge in [0.05, 0.1) is 24.5 Å². The van der Waals surface area contributed by atoms with Crippen LogP contribution in [0.1, 0.15) is 6.42 Å². The van der Waals surface area contributed by atoms with Crippen molar-refractivity contribution in [2.45, 2.75) is 29.0 Å². The zero-order chi connectivity index (χ0) is 24.6. The van der Waals surface area contributed by atoms with Crippen LogP contribution in [0.2, 0.25) is 5.02 Å². The lowest BCUT2D eigenvalue weighted by Gasteiger charge is -2.37. The largest absolute Gasteiger partial charge is 0.461 e. The Morgan fingerprint density at radius 2 is 2.03 bits per heavy atom. The zero-order valence-electron chi connectivity index (χ0n) is 18.4. The first-order valence-electron chi connectivity index (χ1n) is 11.0. The molecule has 4 rings (SSSR count). The van der Waals surface area contributed by atoms with Gasteiger partial charge in [-0.25, -0.2) is 0 Å². The standard InChI is InChI=1S/C24H26BrClN2O6/c1-3-9-27(15-7-5-14(26)6-8-15)22(31)20-24-13-16(25)19(34-24)17(23(32)33-12-4-2)18(24)21(30)28(20)10-11-29/h3-8,16-20,29H,1-2,9-13H2/t16?,17-,18+,19-,20?,24?/m1/s1. The van der Waals surface area contributed by atoms with Gasteiger partial charge < -0.3 is 24.4 Å². The fourth-order valence-electron chi connectivity index (χ4n) is 5.48. The molecule has 1 N–H and O–H groups in total. The number of anilines is 1. The average Bonchev–Trinajstić information content (AvgIpc) is 3.40. The van der Waals surface area contributed by atoms with Gasteiger partial charge >= 0.3 is 5.97 Å². The minimum atomic E-state index is -1.23. The summed E-state index contributed by atoms with van der Waals surface area (Å²) in [4.78, 5) is 43.2. The van der Waals surface area contributed by atoms with Gasteiger partial charge in [-0.05, 0) is 30.7 Å². The first-order valence-corrected chi connectivity index (χ1v) is 12.3. The number of amides is 2. The molecule has 3 aliphatic heterocycles. The van der Waals surface area contributed by atoms with E-state index in [0.29, 0.717) is 17.1 Å². The van der Waals surface area contributed by atoms with E-state index in [1.807, 2.05) is 0 Å². The summed E-state index contributed by atoms with van der Waals surface area (Å²) in [5, 5.41) is 10.2. The predicted octanol–water partition coefficient (Wildman–Crippen LogP) is 2.33. The van der Waals surface area contributed by atoms with Crippen molar-refractivity contribution < 1.29 is 29.0 Å². The van der Waals surface area contributed by atoms with E-state index in [1.54, 1.807) is 30.3 Å². The lowest BCUT2D eigenvalue weighted by molar-refractivity contribution is -0.153. The van der Waals surface area contributed by atoms with Crippen molar-refractivity contribution in [3.05, 3.63) is 54.6 Å². The van der Waals surface area contributed by atoms with Crippen LogP contribution in [0.3, 0.4) is 0 Å². The second-order valence-electron chi connectivity index (χ2n) is 8.55. The van der Waals surface area contributed by atoms with Crippen LogP contribution in [0.4, 0.5) is 5.69 Å². The van der Waals surface area contributed by atoms with Crippen molar-refractivity contribution >= 4 is 51.0 Å². The molecule has 2 amide bonds. The molecule has 1 spiro atoms. The molecule has 3 saturated heterocycles. The average molecular weight is 554 g/mol. The van der Waals surface area contributed by atoms with Crippen LogP contribution >= 0.6 is 27.5 Å². The number of aliphatic hydroxyl groups excluding tert-OH is 1. The van der Waals surface area contributed by atoms with Crippen LogP contribution < -0.4 is 4.90 Å². The maximum absolute atomic E-state index is 14.1. The fraction of sp³-hybridized carbons (Fsp3) is 0.458. The molecule has 3 fully saturated rings. The van der Waals surface area contributed by atoms with Gasteiger partial charge in [0.2, 0.25) is 5.91 Å². The predicted molar refractivity (Wildman–Crippen MR) is 130 cm³/mol. The van der Waals surface area contributed by atoms with E-state index < -0.39 is 41.5 Å². The number of alkyl halides is 1. The number of fused-ring (bicyclic) bond motifs is 1. The summed E-state index contributed by atoms with van der Waals surface area (Å²) in [7, 11) is 0. The summed E-state index contributed by atoms with van der Waals surface area (Å²) in [5.41, 5.74) is -0.651. The molecular formula is C24H26BrClN2O6. The fourth-order valence-corrected chi connectivity index (χ4v) is 6.55. The van der Waals surface area contributed by atoms with E-state index in [4.69, 9.17) is 21.1 Å². The molecular weight excluding hydrogens is 528 g/mol. The highest BCUT2D eigenvalue weighted by molar-refractivity contribution is 9.09. The van der Waals surface area contributed by atoms with Gasteiger partial charge in [-0.15, -0.1) is 6.58 Å². The van der Waals surface area contributed by atoms with E-state index in [1.165, 1.54) is 15.9 Å². The summed E-state index contributed by atoms with van der Waals surface area (Å²) in [6.45, 7) is 7.11.